The van der Waals surface area contributed by atoms with Crippen molar-refractivity contribution < 1.29 is 18.7 Å². The number of hydrogen-bond donors (Lipinski definition) is 0. The summed E-state index contributed by atoms with van der Waals surface area (Å²) in [5, 5.41) is 2.02. The van der Waals surface area contributed by atoms with Crippen molar-refractivity contribution in [2.24, 2.45) is 11.8 Å². The molecule has 0 aliphatic carbocycles. The topological polar surface area (TPSA) is 49.9 Å². The minimum absolute atomic E-state index is 0.00874. The van der Waals surface area contributed by atoms with Gasteiger partial charge < -0.3 is 14.5 Å². The van der Waals surface area contributed by atoms with Gasteiger partial charge in [0.15, 0.2) is 11.6 Å². The van der Waals surface area contributed by atoms with Gasteiger partial charge in [-0.3, -0.25) is 9.59 Å². The van der Waals surface area contributed by atoms with E-state index < -0.39 is 5.82 Å². The summed E-state index contributed by atoms with van der Waals surface area (Å²) in [5.41, 5.74) is 1.05. The number of carbonyl (C=O) groups excluding carboxylic acids is 2. The van der Waals surface area contributed by atoms with E-state index in [1.165, 1.54) is 10.9 Å². The number of rotatable bonds is 9. The van der Waals surface area contributed by atoms with Crippen LogP contribution in [0.3, 0.4) is 0 Å². The standard InChI is InChI=1S/C25H33FN2O3S/c1-17(2)13-24(29)27(14-18(3)4)15-25(30)28-11-9-23-19(10-12-32-23)21(28)16-31-22-8-6-5-7-20(22)26/h5-8,10,12,17-18,21H,9,11,13-16H2,1-4H3. The van der Waals surface area contributed by atoms with Crippen LogP contribution in [0.2, 0.25) is 0 Å². The third-order valence-corrected chi connectivity index (χ3v) is 6.49. The number of ether oxygens (including phenoxy) is 1. The molecule has 0 spiro atoms. The Bertz CT molecular complexity index is 927. The monoisotopic (exact) mass is 460 g/mol. The minimum atomic E-state index is -0.422. The molecule has 5 nitrogen and oxygen atoms in total. The van der Waals surface area contributed by atoms with E-state index in [4.69, 9.17) is 4.74 Å². The van der Waals surface area contributed by atoms with Gasteiger partial charge in [-0.05, 0) is 47.4 Å². The predicted molar refractivity (Wildman–Crippen MR) is 125 cm³/mol. The maximum Gasteiger partial charge on any atom is 0.242 e. The number of halogens is 1. The molecule has 0 fully saturated rings. The Balaban J connectivity index is 1.77. The molecule has 32 heavy (non-hydrogen) atoms. The number of hydrogen-bond acceptors (Lipinski definition) is 4. The predicted octanol–water partition coefficient (Wildman–Crippen LogP) is 4.92. The van der Waals surface area contributed by atoms with Crippen molar-refractivity contribution in [1.82, 2.24) is 9.80 Å². The quantitative estimate of drug-likeness (QED) is 0.534. The molecule has 2 heterocycles. The van der Waals surface area contributed by atoms with Crippen molar-refractivity contribution >= 4 is 23.2 Å². The Labute approximate surface area is 194 Å². The van der Waals surface area contributed by atoms with Gasteiger partial charge >= 0.3 is 0 Å². The molecular formula is C25H33FN2O3S. The largest absolute Gasteiger partial charge is 0.488 e. The van der Waals surface area contributed by atoms with E-state index in [2.05, 4.69) is 0 Å². The van der Waals surface area contributed by atoms with Crippen molar-refractivity contribution in [2.75, 3.05) is 26.2 Å². The third-order valence-electron chi connectivity index (χ3n) is 5.50. The second-order valence-corrected chi connectivity index (χ2v) is 10.2. The van der Waals surface area contributed by atoms with Crippen molar-refractivity contribution in [3.05, 3.63) is 52.0 Å². The van der Waals surface area contributed by atoms with E-state index in [-0.39, 0.29) is 48.6 Å². The first-order chi connectivity index (χ1) is 15.3. The van der Waals surface area contributed by atoms with Crippen LogP contribution in [0.25, 0.3) is 0 Å². The van der Waals surface area contributed by atoms with E-state index in [1.807, 2.05) is 39.1 Å². The summed E-state index contributed by atoms with van der Waals surface area (Å²) in [4.78, 5) is 30.9. The highest BCUT2D eigenvalue weighted by molar-refractivity contribution is 7.10. The lowest BCUT2D eigenvalue weighted by atomic mass is 10.00. The molecule has 1 aliphatic rings. The maximum atomic E-state index is 14.1. The molecule has 0 saturated carbocycles. The number of fused-ring (bicyclic) bond motifs is 1. The molecule has 7 heteroatoms. The molecule has 0 saturated heterocycles. The molecule has 1 aliphatic heterocycles. The molecule has 0 bridgehead atoms. The van der Waals surface area contributed by atoms with Crippen LogP contribution in [0.1, 0.15) is 50.6 Å². The molecule has 1 aromatic heterocycles. The zero-order valence-electron chi connectivity index (χ0n) is 19.3. The van der Waals surface area contributed by atoms with Gasteiger partial charge in [-0.2, -0.15) is 0 Å². The summed E-state index contributed by atoms with van der Waals surface area (Å²) in [7, 11) is 0. The zero-order valence-corrected chi connectivity index (χ0v) is 20.2. The molecule has 2 aromatic rings. The van der Waals surface area contributed by atoms with Crippen molar-refractivity contribution in [2.45, 2.75) is 46.6 Å². The van der Waals surface area contributed by atoms with Crippen LogP contribution in [0.4, 0.5) is 4.39 Å². The van der Waals surface area contributed by atoms with Gasteiger partial charge in [0.25, 0.3) is 0 Å². The molecular weight excluding hydrogens is 427 g/mol. The van der Waals surface area contributed by atoms with Crippen LogP contribution >= 0.6 is 11.3 Å². The molecule has 1 aromatic carbocycles. The SMILES string of the molecule is CC(C)CC(=O)N(CC(=O)N1CCc2sccc2C1COc1ccccc1F)CC(C)C. The lowest BCUT2D eigenvalue weighted by molar-refractivity contribution is -0.143. The van der Waals surface area contributed by atoms with Crippen molar-refractivity contribution in [3.8, 4) is 5.75 Å². The van der Waals surface area contributed by atoms with Crippen LogP contribution in [-0.4, -0.2) is 47.9 Å². The van der Waals surface area contributed by atoms with Crippen LogP contribution < -0.4 is 4.74 Å². The molecule has 2 amide bonds. The van der Waals surface area contributed by atoms with Gasteiger partial charge in [0.2, 0.25) is 11.8 Å². The van der Waals surface area contributed by atoms with Gasteiger partial charge in [-0.15, -0.1) is 11.3 Å². The molecule has 1 atom stereocenters. The fourth-order valence-electron chi connectivity index (χ4n) is 4.03. The summed E-state index contributed by atoms with van der Waals surface area (Å²) in [6, 6.07) is 8.01. The highest BCUT2D eigenvalue weighted by Crippen LogP contribution is 2.34. The third kappa shape index (κ3) is 6.09. The Kier molecular flexibility index (Phi) is 8.29. The van der Waals surface area contributed by atoms with Crippen LogP contribution in [0.5, 0.6) is 5.75 Å². The maximum absolute atomic E-state index is 14.1. The summed E-state index contributed by atoms with van der Waals surface area (Å²) in [6.45, 7) is 9.43. The molecule has 1 unspecified atom stereocenters. The fraction of sp³-hybridized carbons (Fsp3) is 0.520. The molecule has 174 valence electrons. The summed E-state index contributed by atoms with van der Waals surface area (Å²) >= 11 is 1.67. The Morgan fingerprint density at radius 1 is 1.19 bits per heavy atom. The lowest BCUT2D eigenvalue weighted by Gasteiger charge is -2.37. The number of benzene rings is 1. The molecule has 3 rings (SSSR count). The Hall–Kier alpha value is -2.41. The van der Waals surface area contributed by atoms with Gasteiger partial charge in [-0.25, -0.2) is 4.39 Å². The first-order valence-electron chi connectivity index (χ1n) is 11.3. The van der Waals surface area contributed by atoms with Crippen molar-refractivity contribution in [3.63, 3.8) is 0 Å². The Morgan fingerprint density at radius 3 is 2.62 bits per heavy atom. The number of carbonyl (C=O) groups is 2. The van der Waals surface area contributed by atoms with Gasteiger partial charge in [0, 0.05) is 24.4 Å². The summed E-state index contributed by atoms with van der Waals surface area (Å²) in [6.07, 6.45) is 1.20. The van der Waals surface area contributed by atoms with Gasteiger partial charge in [-0.1, -0.05) is 39.8 Å². The first kappa shape index (κ1) is 24.2. The number of para-hydroxylation sites is 1. The van der Waals surface area contributed by atoms with Crippen molar-refractivity contribution in [1.29, 1.82) is 0 Å². The second-order valence-electron chi connectivity index (χ2n) is 9.16. The van der Waals surface area contributed by atoms with Gasteiger partial charge in [0.05, 0.1) is 12.6 Å². The first-order valence-corrected chi connectivity index (χ1v) is 12.1. The second kappa shape index (κ2) is 10.9. The van der Waals surface area contributed by atoms with E-state index in [9.17, 15) is 14.0 Å². The molecule has 0 radical (unpaired) electrons. The number of thiophene rings is 1. The fourth-order valence-corrected chi connectivity index (χ4v) is 4.96. The van der Waals surface area contributed by atoms with E-state index >= 15 is 0 Å². The Morgan fingerprint density at radius 2 is 1.94 bits per heavy atom. The van der Waals surface area contributed by atoms with Crippen LogP contribution in [-0.2, 0) is 16.0 Å². The van der Waals surface area contributed by atoms with Crippen LogP contribution in [0.15, 0.2) is 35.7 Å². The summed E-state index contributed by atoms with van der Waals surface area (Å²) < 4.78 is 19.9. The van der Waals surface area contributed by atoms with E-state index in [0.717, 1.165) is 12.0 Å². The van der Waals surface area contributed by atoms with E-state index in [0.29, 0.717) is 19.5 Å². The average Bonchev–Trinajstić information content (AvgIpc) is 3.20. The van der Waals surface area contributed by atoms with E-state index in [1.54, 1.807) is 39.3 Å². The van der Waals surface area contributed by atoms with Gasteiger partial charge in [0.1, 0.15) is 6.61 Å². The smallest absolute Gasteiger partial charge is 0.242 e. The zero-order chi connectivity index (χ0) is 23.3. The average molecular weight is 461 g/mol. The normalized spacial score (nSPS) is 15.7. The minimum Gasteiger partial charge on any atom is -0.488 e. The highest BCUT2D eigenvalue weighted by Gasteiger charge is 2.33. The number of nitrogens with zero attached hydrogens (tertiary/aromatic N) is 2. The number of amides is 2. The van der Waals surface area contributed by atoms with Crippen LogP contribution in [0, 0.1) is 17.7 Å². The molecule has 0 N–H and O–H groups in total. The summed E-state index contributed by atoms with van der Waals surface area (Å²) in [5.74, 6) is 0.169. The highest BCUT2D eigenvalue weighted by atomic mass is 32.1. The lowest BCUT2D eigenvalue weighted by Crippen LogP contribution is -2.48.